The average molecular weight is 274 g/mol. The lowest BCUT2D eigenvalue weighted by molar-refractivity contribution is 0.0953. The molecule has 0 aliphatic rings. The Hall–Kier alpha value is 0.0600. The van der Waals surface area contributed by atoms with Crippen molar-refractivity contribution in [3.63, 3.8) is 0 Å². The minimum atomic E-state index is -3.32. The molecule has 3 atom stereocenters. The molecule has 0 aromatic heterocycles. The van der Waals surface area contributed by atoms with Crippen molar-refractivity contribution >= 4 is 11.2 Å². The van der Waals surface area contributed by atoms with Crippen molar-refractivity contribution in [2.75, 3.05) is 0 Å². The zero-order valence-electron chi connectivity index (χ0n) is 10.7. The number of rotatable bonds is 7. The predicted octanol–water partition coefficient (Wildman–Crippen LogP) is 3.02. The second kappa shape index (κ2) is 6.29. The molecular formula is C11H21F3O2S. The summed E-state index contributed by atoms with van der Waals surface area (Å²) in [6.07, 6.45) is -2.15. The van der Waals surface area contributed by atoms with Gasteiger partial charge in [0.2, 0.25) is 0 Å². The molecule has 0 fully saturated rings. The lowest BCUT2D eigenvalue weighted by Crippen LogP contribution is -2.44. The Morgan fingerprint density at radius 1 is 1.29 bits per heavy atom. The van der Waals surface area contributed by atoms with Crippen LogP contribution in [0.1, 0.15) is 47.0 Å². The number of aliphatic hydroxyl groups excluding tert-OH is 1. The first-order valence-corrected chi connectivity index (χ1v) is 6.77. The number of alkyl halides is 3. The van der Waals surface area contributed by atoms with Gasteiger partial charge in [0.15, 0.2) is 0 Å². The smallest absolute Gasteiger partial charge is 0.404 e. The van der Waals surface area contributed by atoms with Gasteiger partial charge in [-0.3, -0.25) is 0 Å². The van der Waals surface area contributed by atoms with Gasteiger partial charge in [0, 0.05) is 24.0 Å². The van der Waals surface area contributed by atoms with Crippen LogP contribution < -0.4 is 0 Å². The van der Waals surface area contributed by atoms with Crippen LogP contribution in [0, 0.1) is 0 Å². The van der Waals surface area contributed by atoms with E-state index in [0.717, 1.165) is 0 Å². The van der Waals surface area contributed by atoms with E-state index < -0.39 is 33.5 Å². The van der Waals surface area contributed by atoms with Crippen LogP contribution in [0.25, 0.3) is 0 Å². The Balaban J connectivity index is 4.43. The van der Waals surface area contributed by atoms with E-state index in [1.807, 2.05) is 0 Å². The molecule has 1 N–H and O–H groups in total. The highest BCUT2D eigenvalue weighted by molar-refractivity contribution is 7.93. The van der Waals surface area contributed by atoms with Crippen LogP contribution >= 0.6 is 0 Å². The normalized spacial score (nSPS) is 18.9. The van der Waals surface area contributed by atoms with Gasteiger partial charge in [0.05, 0.1) is 13.0 Å². The minimum Gasteiger partial charge on any atom is -0.611 e. The van der Waals surface area contributed by atoms with Crippen molar-refractivity contribution in [2.45, 2.75) is 69.2 Å². The molecule has 0 aromatic carbocycles. The van der Waals surface area contributed by atoms with E-state index in [1.54, 1.807) is 6.92 Å². The number of hydrogen-bond donors (Lipinski definition) is 1. The van der Waals surface area contributed by atoms with Crippen molar-refractivity contribution in [3.8, 4) is 0 Å². The Morgan fingerprint density at radius 3 is 2.12 bits per heavy atom. The summed E-state index contributed by atoms with van der Waals surface area (Å²) in [5, 5.41) is 6.27. The fourth-order valence-corrected chi connectivity index (χ4v) is 2.99. The Morgan fingerprint density at radius 2 is 1.76 bits per heavy atom. The quantitative estimate of drug-likeness (QED) is 0.725. The molecule has 0 rings (SSSR count). The SMILES string of the molecule is CC[C@H](F)C[C@H](O)CC(C)(C)[S@+]([O-])C(C)(F)F. The molecular weight excluding hydrogens is 253 g/mol. The molecule has 2 nitrogen and oxygen atoms in total. The van der Waals surface area contributed by atoms with Gasteiger partial charge in [-0.1, -0.05) is 6.92 Å². The van der Waals surface area contributed by atoms with Crippen molar-refractivity contribution in [3.05, 3.63) is 0 Å². The fraction of sp³-hybridized carbons (Fsp3) is 1.00. The second-order valence-electron chi connectivity index (χ2n) is 4.94. The maximum atomic E-state index is 13.0. The highest BCUT2D eigenvalue weighted by Crippen LogP contribution is 2.35. The highest BCUT2D eigenvalue weighted by atomic mass is 32.2. The lowest BCUT2D eigenvalue weighted by atomic mass is 10.00. The third-order valence-electron chi connectivity index (χ3n) is 2.53. The number of aliphatic hydroxyl groups is 1. The largest absolute Gasteiger partial charge is 0.611 e. The molecule has 0 saturated carbocycles. The summed E-state index contributed by atoms with van der Waals surface area (Å²) in [5.74, 6) is 0. The Bertz CT molecular complexity index is 231. The predicted molar refractivity (Wildman–Crippen MR) is 63.3 cm³/mol. The first kappa shape index (κ1) is 17.1. The van der Waals surface area contributed by atoms with Gasteiger partial charge in [-0.15, -0.1) is 0 Å². The molecule has 0 spiro atoms. The minimum absolute atomic E-state index is 0.105. The van der Waals surface area contributed by atoms with Crippen LogP contribution in [0.5, 0.6) is 0 Å². The number of halogens is 3. The van der Waals surface area contributed by atoms with Crippen LogP contribution in [-0.4, -0.2) is 31.9 Å². The third kappa shape index (κ3) is 5.97. The van der Waals surface area contributed by atoms with E-state index in [9.17, 15) is 22.8 Å². The van der Waals surface area contributed by atoms with Crippen molar-refractivity contribution in [2.24, 2.45) is 0 Å². The summed E-state index contributed by atoms with van der Waals surface area (Å²) in [7, 11) is 0. The van der Waals surface area contributed by atoms with Crippen molar-refractivity contribution in [1.82, 2.24) is 0 Å². The van der Waals surface area contributed by atoms with Crippen molar-refractivity contribution in [1.29, 1.82) is 0 Å². The maximum absolute atomic E-state index is 13.0. The van der Waals surface area contributed by atoms with E-state index in [2.05, 4.69) is 0 Å². The standard InChI is InChI=1S/C11H21F3O2S/c1-5-8(12)6-9(15)7-10(2,3)17(16)11(4,13)14/h8-9,15H,5-7H2,1-4H3/t8-,9-,17-/m0/s1. The summed E-state index contributed by atoms with van der Waals surface area (Å²) in [4.78, 5) is 0. The molecule has 0 aliphatic carbocycles. The molecule has 17 heavy (non-hydrogen) atoms. The van der Waals surface area contributed by atoms with Gasteiger partial charge < -0.3 is 9.66 Å². The topological polar surface area (TPSA) is 43.3 Å². The molecule has 0 aliphatic heterocycles. The third-order valence-corrected chi connectivity index (χ3v) is 4.35. The number of hydrogen-bond acceptors (Lipinski definition) is 2. The summed E-state index contributed by atoms with van der Waals surface area (Å²) in [6, 6.07) is 0. The molecule has 0 heterocycles. The van der Waals surface area contributed by atoms with Crippen LogP contribution in [-0.2, 0) is 11.2 Å². The lowest BCUT2D eigenvalue weighted by Gasteiger charge is -2.33. The van der Waals surface area contributed by atoms with Crippen LogP contribution in [0.15, 0.2) is 0 Å². The summed E-state index contributed by atoms with van der Waals surface area (Å²) < 4.78 is 49.2. The second-order valence-corrected chi connectivity index (χ2v) is 7.29. The fourth-order valence-electron chi connectivity index (χ4n) is 1.67. The van der Waals surface area contributed by atoms with Crippen LogP contribution in [0.4, 0.5) is 13.2 Å². The zero-order valence-corrected chi connectivity index (χ0v) is 11.5. The van der Waals surface area contributed by atoms with Gasteiger partial charge in [-0.2, -0.15) is 8.78 Å². The maximum Gasteiger partial charge on any atom is 0.404 e. The first-order chi connectivity index (χ1) is 7.50. The zero-order chi connectivity index (χ0) is 13.9. The molecule has 0 radical (unpaired) electrons. The molecule has 0 saturated heterocycles. The Labute approximate surface area is 104 Å². The van der Waals surface area contributed by atoms with Gasteiger partial charge in [0.1, 0.15) is 10.9 Å². The van der Waals surface area contributed by atoms with E-state index >= 15 is 0 Å². The molecule has 0 aromatic rings. The first-order valence-electron chi connectivity index (χ1n) is 5.62. The van der Waals surface area contributed by atoms with E-state index in [4.69, 9.17) is 0 Å². The van der Waals surface area contributed by atoms with Crippen molar-refractivity contribution < 1.29 is 22.8 Å². The monoisotopic (exact) mass is 274 g/mol. The molecule has 0 bridgehead atoms. The molecule has 0 unspecified atom stereocenters. The van der Waals surface area contributed by atoms with E-state index in [1.165, 1.54) is 13.8 Å². The summed E-state index contributed by atoms with van der Waals surface area (Å²) >= 11 is -2.40. The van der Waals surface area contributed by atoms with E-state index in [0.29, 0.717) is 6.92 Å². The highest BCUT2D eigenvalue weighted by Gasteiger charge is 2.48. The Kier molecular flexibility index (Phi) is 6.31. The molecule has 0 amide bonds. The molecule has 104 valence electrons. The van der Waals surface area contributed by atoms with E-state index in [-0.39, 0.29) is 19.3 Å². The van der Waals surface area contributed by atoms with Gasteiger partial charge >= 0.3 is 5.25 Å². The molecule has 6 heteroatoms. The van der Waals surface area contributed by atoms with Gasteiger partial charge in [0.25, 0.3) is 0 Å². The van der Waals surface area contributed by atoms with Gasteiger partial charge in [-0.05, 0) is 20.3 Å². The average Bonchev–Trinajstić information content (AvgIpc) is 2.13. The summed E-state index contributed by atoms with van der Waals surface area (Å²) in [5.41, 5.74) is 0. The van der Waals surface area contributed by atoms with Crippen LogP contribution in [0.2, 0.25) is 0 Å². The van der Waals surface area contributed by atoms with Crippen LogP contribution in [0.3, 0.4) is 0 Å². The van der Waals surface area contributed by atoms with Gasteiger partial charge in [-0.25, -0.2) is 4.39 Å². The summed E-state index contributed by atoms with van der Waals surface area (Å²) in [6.45, 7) is 5.01.